The van der Waals surface area contributed by atoms with Gasteiger partial charge in [-0.1, -0.05) is 166 Å². The van der Waals surface area contributed by atoms with Gasteiger partial charge in [-0.25, -0.2) is 0 Å². The molecule has 0 amide bonds. The zero-order valence-electron chi connectivity index (χ0n) is 30.2. The van der Waals surface area contributed by atoms with Crippen LogP contribution in [0.4, 0.5) is 0 Å². The maximum atomic E-state index is 6.60. The Kier molecular flexibility index (Phi) is 6.81. The molecule has 0 N–H and O–H groups in total. The maximum Gasteiger partial charge on any atom is 0.136 e. The fraction of sp³-hybridized carbons (Fsp3) is 0.0566. The quantitative estimate of drug-likeness (QED) is 0.168. The Morgan fingerprint density at radius 3 is 1.19 bits per heavy atom. The highest BCUT2D eigenvalue weighted by Gasteiger charge is 2.23. The fourth-order valence-corrected chi connectivity index (χ4v) is 9.07. The van der Waals surface area contributed by atoms with Crippen molar-refractivity contribution in [2.75, 3.05) is 0 Å². The predicted octanol–water partition coefficient (Wildman–Crippen LogP) is 15.5. The number of rotatable bonds is 4. The van der Waals surface area contributed by atoms with Crippen LogP contribution in [-0.4, -0.2) is 0 Å². The van der Waals surface area contributed by atoms with Crippen molar-refractivity contribution in [2.24, 2.45) is 0 Å². The molecule has 0 unspecified atom stereocenters. The van der Waals surface area contributed by atoms with Gasteiger partial charge in [-0.2, -0.15) is 0 Å². The smallest absolute Gasteiger partial charge is 0.136 e. The van der Waals surface area contributed by atoms with Crippen LogP contribution in [0, 0.1) is 0 Å². The largest absolute Gasteiger partial charge is 0.456 e. The lowest BCUT2D eigenvalue weighted by atomic mass is 9.81. The van der Waals surface area contributed by atoms with Crippen LogP contribution in [0.15, 0.2) is 180 Å². The molecule has 10 aromatic carbocycles. The standard InChI is InChI=1S/C53H36O/c1-32(2)33-23-25-34(26-24-33)50-39-15-5-9-19-43(39)52(44-20-10-6-16-40(44)50)53-45-21-11-7-17-41(45)51(42-18-8-12-22-46(42)53)37-27-28-38-47-29-35-13-3-4-14-36(35)30-49(47)54-48(38)31-37/h3-32H,1-2H3. The van der Waals surface area contributed by atoms with Crippen molar-refractivity contribution in [3.8, 4) is 33.4 Å². The average molecular weight is 689 g/mol. The van der Waals surface area contributed by atoms with E-state index in [-0.39, 0.29) is 0 Å². The highest BCUT2D eigenvalue weighted by atomic mass is 16.3. The molecule has 0 saturated heterocycles. The first-order valence-electron chi connectivity index (χ1n) is 19.0. The van der Waals surface area contributed by atoms with Gasteiger partial charge in [0, 0.05) is 10.8 Å². The summed E-state index contributed by atoms with van der Waals surface area (Å²) in [6, 6.07) is 64.9. The highest BCUT2D eigenvalue weighted by molar-refractivity contribution is 6.30. The molecule has 1 heterocycles. The molecule has 1 heteroatoms. The first-order chi connectivity index (χ1) is 26.6. The molecule has 0 radical (unpaired) electrons. The molecule has 0 aliphatic rings. The third-order valence-electron chi connectivity index (χ3n) is 11.6. The second-order valence-electron chi connectivity index (χ2n) is 15.0. The van der Waals surface area contributed by atoms with Crippen LogP contribution in [0.1, 0.15) is 25.3 Å². The normalized spacial score (nSPS) is 12.1. The van der Waals surface area contributed by atoms with E-state index in [2.05, 4.69) is 190 Å². The molecule has 0 spiro atoms. The van der Waals surface area contributed by atoms with Gasteiger partial charge in [0.1, 0.15) is 11.2 Å². The third kappa shape index (κ3) is 4.58. The van der Waals surface area contributed by atoms with E-state index >= 15 is 0 Å². The minimum atomic E-state index is 0.487. The Hall–Kier alpha value is -6.70. The highest BCUT2D eigenvalue weighted by Crippen LogP contribution is 2.50. The Bertz CT molecular complexity index is 3170. The van der Waals surface area contributed by atoms with E-state index in [0.717, 1.165) is 27.5 Å². The van der Waals surface area contributed by atoms with Crippen molar-refractivity contribution in [1.29, 1.82) is 0 Å². The van der Waals surface area contributed by atoms with Gasteiger partial charge in [-0.05, 0) is 123 Å². The van der Waals surface area contributed by atoms with Crippen LogP contribution in [0.5, 0.6) is 0 Å². The topological polar surface area (TPSA) is 13.1 Å². The first kappa shape index (κ1) is 30.9. The van der Waals surface area contributed by atoms with Crippen LogP contribution in [-0.2, 0) is 0 Å². The van der Waals surface area contributed by atoms with Crippen molar-refractivity contribution in [3.05, 3.63) is 181 Å². The molecule has 0 aliphatic carbocycles. The lowest BCUT2D eigenvalue weighted by molar-refractivity contribution is 0.669. The van der Waals surface area contributed by atoms with Gasteiger partial charge < -0.3 is 4.42 Å². The van der Waals surface area contributed by atoms with E-state index in [1.165, 1.54) is 87.2 Å². The molecule has 0 fully saturated rings. The van der Waals surface area contributed by atoms with Crippen molar-refractivity contribution >= 4 is 75.8 Å². The minimum Gasteiger partial charge on any atom is -0.456 e. The van der Waals surface area contributed by atoms with E-state index in [4.69, 9.17) is 4.42 Å². The molecule has 11 rings (SSSR count). The van der Waals surface area contributed by atoms with Gasteiger partial charge in [0.25, 0.3) is 0 Å². The monoisotopic (exact) mass is 688 g/mol. The molecule has 254 valence electrons. The van der Waals surface area contributed by atoms with Crippen molar-refractivity contribution in [1.82, 2.24) is 0 Å². The second-order valence-corrected chi connectivity index (χ2v) is 15.0. The summed E-state index contributed by atoms with van der Waals surface area (Å²) in [6.07, 6.45) is 0. The number of fused-ring (bicyclic) bond motifs is 8. The molecule has 0 atom stereocenters. The Labute approximate surface area is 313 Å². The van der Waals surface area contributed by atoms with Crippen molar-refractivity contribution < 1.29 is 4.42 Å². The van der Waals surface area contributed by atoms with Gasteiger partial charge in [0.2, 0.25) is 0 Å². The van der Waals surface area contributed by atoms with Crippen molar-refractivity contribution in [2.45, 2.75) is 19.8 Å². The van der Waals surface area contributed by atoms with E-state index in [1.807, 2.05) is 0 Å². The van der Waals surface area contributed by atoms with Crippen LogP contribution < -0.4 is 0 Å². The molecule has 0 saturated carbocycles. The maximum absolute atomic E-state index is 6.60. The minimum absolute atomic E-state index is 0.487. The van der Waals surface area contributed by atoms with E-state index < -0.39 is 0 Å². The summed E-state index contributed by atoms with van der Waals surface area (Å²) in [5.74, 6) is 0.487. The van der Waals surface area contributed by atoms with Crippen LogP contribution in [0.25, 0.3) is 109 Å². The van der Waals surface area contributed by atoms with Gasteiger partial charge in [0.15, 0.2) is 0 Å². The first-order valence-corrected chi connectivity index (χ1v) is 19.0. The lowest BCUT2D eigenvalue weighted by Gasteiger charge is -2.22. The Morgan fingerprint density at radius 2 is 0.704 bits per heavy atom. The zero-order valence-corrected chi connectivity index (χ0v) is 30.2. The van der Waals surface area contributed by atoms with Crippen LogP contribution >= 0.6 is 0 Å². The Morgan fingerprint density at radius 1 is 0.315 bits per heavy atom. The lowest BCUT2D eigenvalue weighted by Crippen LogP contribution is -1.95. The summed E-state index contributed by atoms with van der Waals surface area (Å²) in [6.45, 7) is 4.51. The van der Waals surface area contributed by atoms with Gasteiger partial charge in [-0.3, -0.25) is 0 Å². The van der Waals surface area contributed by atoms with E-state index in [1.54, 1.807) is 0 Å². The van der Waals surface area contributed by atoms with Crippen LogP contribution in [0.2, 0.25) is 0 Å². The number of hydrogen-bond donors (Lipinski definition) is 0. The van der Waals surface area contributed by atoms with Gasteiger partial charge in [-0.15, -0.1) is 0 Å². The number of furan rings is 1. The molecule has 0 bridgehead atoms. The summed E-state index contributed by atoms with van der Waals surface area (Å²) >= 11 is 0. The number of benzene rings is 10. The summed E-state index contributed by atoms with van der Waals surface area (Å²) in [7, 11) is 0. The predicted molar refractivity (Wildman–Crippen MR) is 232 cm³/mol. The van der Waals surface area contributed by atoms with Crippen LogP contribution in [0.3, 0.4) is 0 Å². The zero-order chi connectivity index (χ0) is 35.9. The van der Waals surface area contributed by atoms with Gasteiger partial charge >= 0.3 is 0 Å². The molecule has 1 nitrogen and oxygen atoms in total. The Balaban J connectivity index is 1.21. The fourth-order valence-electron chi connectivity index (χ4n) is 9.07. The summed E-state index contributed by atoms with van der Waals surface area (Å²) in [4.78, 5) is 0. The summed E-state index contributed by atoms with van der Waals surface area (Å²) in [5, 5.41) is 14.7. The molecular formula is C53H36O. The second kappa shape index (κ2) is 11.9. The SMILES string of the molecule is CC(C)c1ccc(-c2c3ccccc3c(-c3c4ccccc4c(-c4ccc5c(c4)oc4cc6ccccc6cc45)c4ccccc34)c3ccccc23)cc1. The number of hydrogen-bond acceptors (Lipinski definition) is 1. The average Bonchev–Trinajstić information content (AvgIpc) is 3.57. The van der Waals surface area contributed by atoms with Crippen molar-refractivity contribution in [3.63, 3.8) is 0 Å². The third-order valence-corrected chi connectivity index (χ3v) is 11.6. The van der Waals surface area contributed by atoms with E-state index in [9.17, 15) is 0 Å². The van der Waals surface area contributed by atoms with Gasteiger partial charge in [0.05, 0.1) is 0 Å². The van der Waals surface area contributed by atoms with E-state index in [0.29, 0.717) is 5.92 Å². The molecule has 54 heavy (non-hydrogen) atoms. The molecule has 1 aromatic heterocycles. The molecular weight excluding hydrogens is 653 g/mol. The molecule has 0 aliphatic heterocycles. The summed E-state index contributed by atoms with van der Waals surface area (Å²) in [5.41, 5.74) is 10.7. The molecule has 11 aromatic rings. The summed E-state index contributed by atoms with van der Waals surface area (Å²) < 4.78 is 6.60.